The summed E-state index contributed by atoms with van der Waals surface area (Å²) in [5.41, 5.74) is 3.04. The Balaban J connectivity index is 1.63. The van der Waals surface area contributed by atoms with Gasteiger partial charge in [0.2, 0.25) is 5.91 Å². The van der Waals surface area contributed by atoms with Gasteiger partial charge in [0.15, 0.2) is 0 Å². The molecule has 1 aliphatic carbocycles. The maximum absolute atomic E-state index is 12.9. The minimum atomic E-state index is -0.134. The summed E-state index contributed by atoms with van der Waals surface area (Å²) < 4.78 is 0. The van der Waals surface area contributed by atoms with Gasteiger partial charge in [0.25, 0.3) is 5.91 Å². The van der Waals surface area contributed by atoms with Crippen molar-refractivity contribution in [1.29, 1.82) is 0 Å². The molecule has 1 aromatic heterocycles. The largest absolute Gasteiger partial charge is 0.349 e. The van der Waals surface area contributed by atoms with Crippen LogP contribution in [0.2, 0.25) is 0 Å². The van der Waals surface area contributed by atoms with Crippen LogP contribution in [0.3, 0.4) is 0 Å². The van der Waals surface area contributed by atoms with Gasteiger partial charge in [-0.15, -0.1) is 22.9 Å². The normalized spacial score (nSPS) is 21.1. The van der Waals surface area contributed by atoms with E-state index >= 15 is 0 Å². The summed E-state index contributed by atoms with van der Waals surface area (Å²) in [6, 6.07) is 10.3. The number of alkyl halides is 1. The Hall–Kier alpha value is -1.85. The van der Waals surface area contributed by atoms with Crippen molar-refractivity contribution in [3.05, 3.63) is 57.3 Å². The number of nitrogens with one attached hydrogen (secondary N) is 1. The fraction of sp³-hybridized carbons (Fsp3) is 0.500. The predicted octanol–water partition coefficient (Wildman–Crippen LogP) is 5.30. The Morgan fingerprint density at radius 1 is 1.20 bits per heavy atom. The smallest absolute Gasteiger partial charge is 0.251 e. The van der Waals surface area contributed by atoms with Crippen molar-refractivity contribution < 1.29 is 9.59 Å². The molecule has 0 bridgehead atoms. The number of hydrogen-bond acceptors (Lipinski definition) is 3. The minimum absolute atomic E-state index is 0.0122. The molecule has 0 saturated heterocycles. The fourth-order valence-electron chi connectivity index (χ4n) is 4.49. The first-order chi connectivity index (χ1) is 14.6. The molecule has 1 saturated carbocycles. The van der Waals surface area contributed by atoms with E-state index < -0.39 is 0 Å². The van der Waals surface area contributed by atoms with Crippen molar-refractivity contribution in [3.63, 3.8) is 0 Å². The van der Waals surface area contributed by atoms with E-state index in [4.69, 9.17) is 11.6 Å². The lowest BCUT2D eigenvalue weighted by Gasteiger charge is -2.42. The number of rotatable bonds is 7. The fourth-order valence-corrected chi connectivity index (χ4v) is 5.69. The van der Waals surface area contributed by atoms with E-state index in [2.05, 4.69) is 23.7 Å². The monoisotopic (exact) mass is 444 g/mol. The van der Waals surface area contributed by atoms with Crippen LogP contribution in [0.1, 0.15) is 77.9 Å². The number of fused-ring (bicyclic) bond motifs is 1. The van der Waals surface area contributed by atoms with Crippen molar-refractivity contribution in [2.75, 3.05) is 5.88 Å². The van der Waals surface area contributed by atoms with Crippen LogP contribution in [0.5, 0.6) is 0 Å². The van der Waals surface area contributed by atoms with Crippen LogP contribution in [-0.2, 0) is 11.2 Å². The second kappa shape index (κ2) is 9.52. The lowest BCUT2D eigenvalue weighted by molar-refractivity contribution is -0.133. The van der Waals surface area contributed by atoms with Gasteiger partial charge in [-0.1, -0.05) is 31.9 Å². The first-order valence-corrected chi connectivity index (χ1v) is 12.4. The molecule has 160 valence electrons. The molecule has 4 nitrogen and oxygen atoms in total. The van der Waals surface area contributed by atoms with Gasteiger partial charge < -0.3 is 10.2 Å². The number of nitrogens with zero attached hydrogens (tertiary/aromatic N) is 1. The van der Waals surface area contributed by atoms with E-state index in [1.54, 1.807) is 11.3 Å². The quantitative estimate of drug-likeness (QED) is 0.589. The first-order valence-electron chi connectivity index (χ1n) is 11.0. The average Bonchev–Trinajstić information content (AvgIpc) is 3.21. The van der Waals surface area contributed by atoms with Gasteiger partial charge in [-0.3, -0.25) is 9.59 Å². The van der Waals surface area contributed by atoms with Gasteiger partial charge in [-0.25, -0.2) is 0 Å². The second-order valence-corrected chi connectivity index (χ2v) is 9.59. The van der Waals surface area contributed by atoms with Crippen molar-refractivity contribution >= 4 is 34.8 Å². The van der Waals surface area contributed by atoms with Crippen LogP contribution in [0.25, 0.3) is 0 Å². The van der Waals surface area contributed by atoms with E-state index in [1.165, 1.54) is 16.9 Å². The molecule has 2 atom stereocenters. The van der Waals surface area contributed by atoms with Gasteiger partial charge in [0.1, 0.15) is 5.88 Å². The Bertz CT molecular complexity index is 891. The molecule has 1 aliphatic heterocycles. The summed E-state index contributed by atoms with van der Waals surface area (Å²) >= 11 is 7.73. The molecule has 2 aromatic rings. The highest BCUT2D eigenvalue weighted by molar-refractivity contribution is 7.10. The number of carbonyl (C=O) groups is 2. The highest BCUT2D eigenvalue weighted by atomic mass is 35.5. The summed E-state index contributed by atoms with van der Waals surface area (Å²) in [5.74, 6) is -0.0447. The molecule has 30 heavy (non-hydrogen) atoms. The molecule has 4 rings (SSSR count). The SMILES string of the molecule is CCCC[C@H]1Cc2ccsc2[C@H](c2ccc(C(=O)NC3CCC3)cc2)N1C(=O)CCl. The molecular formula is C24H29ClN2O2S. The Morgan fingerprint density at radius 3 is 2.60 bits per heavy atom. The number of carbonyl (C=O) groups excluding carboxylic acids is 2. The summed E-state index contributed by atoms with van der Waals surface area (Å²) in [7, 11) is 0. The van der Waals surface area contributed by atoms with Gasteiger partial charge >= 0.3 is 0 Å². The third-order valence-corrected chi connectivity index (χ3v) is 7.62. The lowest BCUT2D eigenvalue weighted by Crippen LogP contribution is -2.47. The summed E-state index contributed by atoms with van der Waals surface area (Å²) in [6.07, 6.45) is 7.39. The zero-order valence-corrected chi connectivity index (χ0v) is 19.0. The number of amides is 2. The number of unbranched alkanes of at least 4 members (excludes halogenated alkanes) is 1. The zero-order valence-electron chi connectivity index (χ0n) is 17.4. The standard InChI is InChI=1S/C24H29ClN2O2S/c1-2-3-7-20-14-18-12-13-30-23(18)22(27(20)21(28)15-25)16-8-10-17(11-9-16)24(29)26-19-5-4-6-19/h8-13,19-20,22H,2-7,14-15H2,1H3,(H,26,29)/t20-,22-/m0/s1. The van der Waals surface area contributed by atoms with Crippen molar-refractivity contribution in [3.8, 4) is 0 Å². The molecule has 1 N–H and O–H groups in total. The van der Waals surface area contributed by atoms with E-state index in [1.807, 2.05) is 29.2 Å². The maximum Gasteiger partial charge on any atom is 0.251 e. The van der Waals surface area contributed by atoms with Crippen molar-refractivity contribution in [1.82, 2.24) is 10.2 Å². The Kier molecular flexibility index (Phi) is 6.79. The van der Waals surface area contributed by atoms with Crippen LogP contribution < -0.4 is 5.32 Å². The molecule has 0 spiro atoms. The topological polar surface area (TPSA) is 49.4 Å². The first kappa shape index (κ1) is 21.4. The highest BCUT2D eigenvalue weighted by Gasteiger charge is 2.38. The van der Waals surface area contributed by atoms with Gasteiger partial charge in [0, 0.05) is 22.5 Å². The second-order valence-electron chi connectivity index (χ2n) is 8.37. The molecule has 2 heterocycles. The van der Waals surface area contributed by atoms with E-state index in [9.17, 15) is 9.59 Å². The van der Waals surface area contributed by atoms with Gasteiger partial charge in [-0.05, 0) is 66.8 Å². The van der Waals surface area contributed by atoms with E-state index in [-0.39, 0.29) is 29.8 Å². The molecule has 2 aliphatic rings. The molecule has 0 radical (unpaired) electrons. The summed E-state index contributed by atoms with van der Waals surface area (Å²) in [5, 5.41) is 5.21. The molecule has 6 heteroatoms. The average molecular weight is 445 g/mol. The third-order valence-electron chi connectivity index (χ3n) is 6.38. The molecule has 1 fully saturated rings. The molecule has 1 aromatic carbocycles. The van der Waals surface area contributed by atoms with Gasteiger partial charge in [0.05, 0.1) is 6.04 Å². The van der Waals surface area contributed by atoms with Crippen molar-refractivity contribution in [2.45, 2.75) is 70.0 Å². The third kappa shape index (κ3) is 4.28. The Morgan fingerprint density at radius 2 is 1.97 bits per heavy atom. The lowest BCUT2D eigenvalue weighted by atomic mass is 9.88. The number of benzene rings is 1. The van der Waals surface area contributed by atoms with Crippen molar-refractivity contribution in [2.24, 2.45) is 0 Å². The van der Waals surface area contributed by atoms with Crippen LogP contribution in [-0.4, -0.2) is 34.7 Å². The molecule has 0 unspecified atom stereocenters. The van der Waals surface area contributed by atoms with Crippen LogP contribution in [0.15, 0.2) is 35.7 Å². The Labute approximate surface area is 187 Å². The number of thiophene rings is 1. The number of hydrogen-bond donors (Lipinski definition) is 1. The summed E-state index contributed by atoms with van der Waals surface area (Å²) in [4.78, 5) is 28.6. The number of halogens is 1. The highest BCUT2D eigenvalue weighted by Crippen LogP contribution is 2.42. The molecule has 2 amide bonds. The van der Waals surface area contributed by atoms with Crippen LogP contribution >= 0.6 is 22.9 Å². The van der Waals surface area contributed by atoms with Crippen LogP contribution in [0.4, 0.5) is 0 Å². The minimum Gasteiger partial charge on any atom is -0.349 e. The van der Waals surface area contributed by atoms with Gasteiger partial charge in [-0.2, -0.15) is 0 Å². The van der Waals surface area contributed by atoms with E-state index in [0.717, 1.165) is 44.1 Å². The maximum atomic E-state index is 12.9. The van der Waals surface area contributed by atoms with Crippen LogP contribution in [0, 0.1) is 0 Å². The summed E-state index contributed by atoms with van der Waals surface area (Å²) in [6.45, 7) is 2.18. The zero-order chi connectivity index (χ0) is 21.1. The predicted molar refractivity (Wildman–Crippen MR) is 122 cm³/mol. The molecular weight excluding hydrogens is 416 g/mol. The van der Waals surface area contributed by atoms with E-state index in [0.29, 0.717) is 11.6 Å².